The van der Waals surface area contributed by atoms with Gasteiger partial charge >= 0.3 is 6.03 Å². The van der Waals surface area contributed by atoms with E-state index in [4.69, 9.17) is 4.74 Å². The van der Waals surface area contributed by atoms with Gasteiger partial charge in [-0.15, -0.1) is 0 Å². The average molecular weight is 286 g/mol. The molecule has 1 aliphatic rings. The van der Waals surface area contributed by atoms with Crippen LogP contribution in [0.25, 0.3) is 0 Å². The lowest BCUT2D eigenvalue weighted by Crippen LogP contribution is -2.58. The Morgan fingerprint density at radius 3 is 2.60 bits per heavy atom. The molecule has 5 heteroatoms. The fourth-order valence-corrected chi connectivity index (χ4v) is 2.90. The first kappa shape index (κ1) is 17.2. The number of urea groups is 1. The summed E-state index contributed by atoms with van der Waals surface area (Å²) in [7, 11) is 1.65. The number of rotatable bonds is 7. The van der Waals surface area contributed by atoms with E-state index in [-0.39, 0.29) is 18.7 Å². The minimum atomic E-state index is -0.522. The molecule has 118 valence electrons. The molecule has 2 atom stereocenters. The van der Waals surface area contributed by atoms with Crippen LogP contribution in [0.4, 0.5) is 4.79 Å². The van der Waals surface area contributed by atoms with Crippen LogP contribution in [0.5, 0.6) is 0 Å². The third kappa shape index (κ3) is 5.29. The largest absolute Gasteiger partial charge is 0.394 e. The van der Waals surface area contributed by atoms with Crippen molar-refractivity contribution in [2.75, 3.05) is 20.3 Å². The Morgan fingerprint density at radius 1 is 1.40 bits per heavy atom. The fraction of sp³-hybridized carbons (Fsp3) is 0.933. The summed E-state index contributed by atoms with van der Waals surface area (Å²) in [5.41, 5.74) is -0.522. The molecular weight excluding hydrogens is 256 g/mol. The number of ether oxygens (including phenoxy) is 1. The lowest BCUT2D eigenvalue weighted by atomic mass is 9.76. The first-order valence-corrected chi connectivity index (χ1v) is 7.70. The molecule has 1 fully saturated rings. The third-order valence-corrected chi connectivity index (χ3v) is 4.37. The summed E-state index contributed by atoms with van der Waals surface area (Å²) in [6.45, 7) is 4.51. The fourth-order valence-electron chi connectivity index (χ4n) is 2.90. The van der Waals surface area contributed by atoms with Gasteiger partial charge in [-0.2, -0.15) is 0 Å². The Hall–Kier alpha value is -0.810. The van der Waals surface area contributed by atoms with Gasteiger partial charge in [0, 0.05) is 19.8 Å². The Balaban J connectivity index is 2.47. The minimum Gasteiger partial charge on any atom is -0.394 e. The molecule has 0 heterocycles. The van der Waals surface area contributed by atoms with Gasteiger partial charge < -0.3 is 20.5 Å². The van der Waals surface area contributed by atoms with Crippen LogP contribution in [-0.4, -0.2) is 43.0 Å². The number of aliphatic hydroxyl groups is 1. The SMILES string of the molecule is COCCC(C)NC(=O)NC(C)(CO)C1CCCCC1. The number of methoxy groups -OCH3 is 1. The van der Waals surface area contributed by atoms with Gasteiger partial charge in [0.25, 0.3) is 0 Å². The maximum absolute atomic E-state index is 12.1. The topological polar surface area (TPSA) is 70.6 Å². The second-order valence-electron chi connectivity index (χ2n) is 6.19. The lowest BCUT2D eigenvalue weighted by molar-refractivity contribution is 0.100. The van der Waals surface area contributed by atoms with E-state index in [9.17, 15) is 9.90 Å². The summed E-state index contributed by atoms with van der Waals surface area (Å²) in [5.74, 6) is 0.362. The molecule has 0 aromatic rings. The number of nitrogens with one attached hydrogen (secondary N) is 2. The van der Waals surface area contributed by atoms with E-state index < -0.39 is 5.54 Å². The smallest absolute Gasteiger partial charge is 0.315 e. The van der Waals surface area contributed by atoms with E-state index in [1.54, 1.807) is 7.11 Å². The van der Waals surface area contributed by atoms with Crippen molar-refractivity contribution in [1.82, 2.24) is 10.6 Å². The van der Waals surface area contributed by atoms with E-state index in [1.807, 2.05) is 13.8 Å². The Morgan fingerprint density at radius 2 is 2.05 bits per heavy atom. The Kier molecular flexibility index (Phi) is 7.30. The number of carbonyl (C=O) groups is 1. The molecule has 0 aromatic carbocycles. The van der Waals surface area contributed by atoms with Gasteiger partial charge in [0.1, 0.15) is 0 Å². The van der Waals surface area contributed by atoms with Gasteiger partial charge in [0.2, 0.25) is 0 Å². The molecule has 20 heavy (non-hydrogen) atoms. The standard InChI is InChI=1S/C15H30N2O3/c1-12(9-10-20-3)16-14(19)17-15(2,11-18)13-7-5-4-6-8-13/h12-13,18H,4-11H2,1-3H3,(H2,16,17,19). The van der Waals surface area contributed by atoms with Crippen LogP contribution < -0.4 is 10.6 Å². The number of hydrogen-bond donors (Lipinski definition) is 3. The highest BCUT2D eigenvalue weighted by Crippen LogP contribution is 2.32. The van der Waals surface area contributed by atoms with Gasteiger partial charge in [-0.1, -0.05) is 19.3 Å². The molecule has 5 nitrogen and oxygen atoms in total. The number of hydrogen-bond acceptors (Lipinski definition) is 3. The van der Waals surface area contributed by atoms with E-state index in [2.05, 4.69) is 10.6 Å². The van der Waals surface area contributed by atoms with Gasteiger partial charge in [0.05, 0.1) is 12.1 Å². The molecule has 0 aliphatic heterocycles. The Bertz CT molecular complexity index is 293. The molecule has 0 saturated heterocycles. The van der Waals surface area contributed by atoms with Crippen LogP contribution in [0, 0.1) is 5.92 Å². The molecule has 0 radical (unpaired) electrons. The highest BCUT2D eigenvalue weighted by molar-refractivity contribution is 5.75. The number of aliphatic hydroxyl groups excluding tert-OH is 1. The van der Waals surface area contributed by atoms with Crippen LogP contribution in [0.15, 0.2) is 0 Å². The van der Waals surface area contributed by atoms with Crippen molar-refractivity contribution in [1.29, 1.82) is 0 Å². The maximum atomic E-state index is 12.1. The van der Waals surface area contributed by atoms with E-state index in [0.717, 1.165) is 19.3 Å². The summed E-state index contributed by atoms with van der Waals surface area (Å²) < 4.78 is 5.00. The van der Waals surface area contributed by atoms with E-state index in [1.165, 1.54) is 19.3 Å². The highest BCUT2D eigenvalue weighted by Gasteiger charge is 2.35. The molecule has 0 spiro atoms. The molecule has 3 N–H and O–H groups in total. The monoisotopic (exact) mass is 286 g/mol. The Labute approximate surface area is 122 Å². The summed E-state index contributed by atoms with van der Waals surface area (Å²) >= 11 is 0. The molecule has 1 saturated carbocycles. The first-order chi connectivity index (χ1) is 9.51. The van der Waals surface area contributed by atoms with Crippen molar-refractivity contribution in [3.8, 4) is 0 Å². The van der Waals surface area contributed by atoms with Gasteiger partial charge in [0.15, 0.2) is 0 Å². The summed E-state index contributed by atoms with van der Waals surface area (Å²) in [6.07, 6.45) is 6.58. The van der Waals surface area contributed by atoms with Crippen LogP contribution >= 0.6 is 0 Å². The van der Waals surface area contributed by atoms with E-state index >= 15 is 0 Å². The van der Waals surface area contributed by atoms with Crippen LogP contribution in [0.1, 0.15) is 52.4 Å². The quantitative estimate of drug-likeness (QED) is 0.671. The van der Waals surface area contributed by atoms with Crippen LogP contribution in [-0.2, 0) is 4.74 Å². The summed E-state index contributed by atoms with van der Waals surface area (Å²) in [4.78, 5) is 12.1. The second-order valence-corrected chi connectivity index (χ2v) is 6.19. The zero-order valence-corrected chi connectivity index (χ0v) is 13.1. The van der Waals surface area contributed by atoms with Crippen LogP contribution in [0.2, 0.25) is 0 Å². The molecule has 2 amide bonds. The summed E-state index contributed by atoms with van der Waals surface area (Å²) in [6, 6.07) is -0.139. The van der Waals surface area contributed by atoms with Gasteiger partial charge in [-0.25, -0.2) is 4.79 Å². The molecule has 1 rings (SSSR count). The van der Waals surface area contributed by atoms with Crippen molar-refractivity contribution < 1.29 is 14.6 Å². The van der Waals surface area contributed by atoms with E-state index in [0.29, 0.717) is 12.5 Å². The highest BCUT2D eigenvalue weighted by atomic mass is 16.5. The average Bonchev–Trinajstić information content (AvgIpc) is 2.45. The second kappa shape index (κ2) is 8.47. The molecular formula is C15H30N2O3. The molecule has 0 bridgehead atoms. The lowest BCUT2D eigenvalue weighted by Gasteiger charge is -2.39. The van der Waals surface area contributed by atoms with Crippen molar-refractivity contribution in [2.45, 2.75) is 64.0 Å². The zero-order chi connectivity index (χ0) is 15.0. The molecule has 1 aliphatic carbocycles. The van der Waals surface area contributed by atoms with Crippen molar-refractivity contribution >= 4 is 6.03 Å². The number of amides is 2. The molecule has 2 unspecified atom stereocenters. The van der Waals surface area contributed by atoms with Crippen molar-refractivity contribution in [2.24, 2.45) is 5.92 Å². The van der Waals surface area contributed by atoms with Crippen molar-refractivity contribution in [3.05, 3.63) is 0 Å². The van der Waals surface area contributed by atoms with Gasteiger partial charge in [-0.05, 0) is 39.0 Å². The number of carbonyl (C=O) groups excluding carboxylic acids is 1. The summed E-state index contributed by atoms with van der Waals surface area (Å²) in [5, 5.41) is 15.6. The predicted octanol–water partition coefficient (Wildman–Crippen LogP) is 2.04. The zero-order valence-electron chi connectivity index (χ0n) is 13.1. The normalized spacial score (nSPS) is 21.0. The minimum absolute atomic E-state index is 0.0163. The maximum Gasteiger partial charge on any atom is 0.315 e. The molecule has 0 aromatic heterocycles. The first-order valence-electron chi connectivity index (χ1n) is 7.70. The van der Waals surface area contributed by atoms with Crippen molar-refractivity contribution in [3.63, 3.8) is 0 Å². The van der Waals surface area contributed by atoms with Crippen LogP contribution in [0.3, 0.4) is 0 Å². The third-order valence-electron chi connectivity index (χ3n) is 4.37. The van der Waals surface area contributed by atoms with Gasteiger partial charge in [-0.3, -0.25) is 0 Å². The predicted molar refractivity (Wildman–Crippen MR) is 79.7 cm³/mol.